The van der Waals surface area contributed by atoms with Crippen molar-refractivity contribution in [2.45, 2.75) is 89.6 Å². The Morgan fingerprint density at radius 3 is 2.44 bits per heavy atom. The Kier molecular flexibility index (Phi) is 10.9. The number of aryl methyl sites for hydroxylation is 1. The number of nitriles is 1. The fourth-order valence-electron chi connectivity index (χ4n) is 5.52. The zero-order chi connectivity index (χ0) is 30.4. The summed E-state index contributed by atoms with van der Waals surface area (Å²) in [5.74, 6) is 0.155. The van der Waals surface area contributed by atoms with E-state index in [4.69, 9.17) is 10.00 Å². The van der Waals surface area contributed by atoms with E-state index in [1.54, 1.807) is 18.2 Å². The Labute approximate surface area is 246 Å². The second-order valence-corrected chi connectivity index (χ2v) is 16.0. The van der Waals surface area contributed by atoms with Crippen LogP contribution in [0.5, 0.6) is 5.75 Å². The number of fused-ring (bicyclic) bond motifs is 2. The van der Waals surface area contributed by atoms with E-state index in [1.165, 1.54) is 43.7 Å². The first-order chi connectivity index (χ1) is 19.2. The predicted molar refractivity (Wildman–Crippen MR) is 166 cm³/mol. The summed E-state index contributed by atoms with van der Waals surface area (Å²) in [6, 6.07) is 13.0. The molecule has 0 aromatic heterocycles. The van der Waals surface area contributed by atoms with E-state index in [2.05, 4.69) is 48.8 Å². The first-order valence-electron chi connectivity index (χ1n) is 14.2. The van der Waals surface area contributed by atoms with Crippen molar-refractivity contribution in [1.29, 1.82) is 5.26 Å². The van der Waals surface area contributed by atoms with Gasteiger partial charge in [-0.2, -0.15) is 5.26 Å². The molecule has 2 aliphatic rings. The van der Waals surface area contributed by atoms with Gasteiger partial charge in [0, 0.05) is 17.7 Å². The minimum Gasteiger partial charge on any atom is -0.487 e. The van der Waals surface area contributed by atoms with Crippen LogP contribution in [-0.4, -0.2) is 49.7 Å². The number of benzene rings is 2. The molecule has 0 saturated heterocycles. The van der Waals surface area contributed by atoms with Gasteiger partial charge in [0.25, 0.3) is 5.91 Å². The van der Waals surface area contributed by atoms with E-state index in [-0.39, 0.29) is 14.0 Å². The van der Waals surface area contributed by atoms with Crippen molar-refractivity contribution in [3.8, 4) is 11.8 Å². The van der Waals surface area contributed by atoms with Crippen LogP contribution in [0.1, 0.15) is 88.1 Å². The lowest BCUT2D eigenvalue weighted by molar-refractivity contribution is -0.138. The zero-order valence-corrected chi connectivity index (χ0v) is 26.8. The van der Waals surface area contributed by atoms with Gasteiger partial charge in [-0.05, 0) is 93.6 Å². The van der Waals surface area contributed by atoms with Crippen LogP contribution in [0.25, 0.3) is 0 Å². The SMILES string of the molecule is CCCC1(CCC)CC(NC(=O)C(C)(C)O)c2cc(NS(C)(=O)=O)ccc2O1.CP1CCc2cc(C#N)ccc2C1. The third-order valence-electron chi connectivity index (χ3n) is 7.40. The maximum Gasteiger partial charge on any atom is 0.251 e. The van der Waals surface area contributed by atoms with Crippen LogP contribution in [0.3, 0.4) is 0 Å². The molecular formula is C31H44N3O5PS. The molecule has 0 spiro atoms. The first-order valence-corrected chi connectivity index (χ1v) is 18.3. The summed E-state index contributed by atoms with van der Waals surface area (Å²) in [5.41, 5.74) is 2.87. The van der Waals surface area contributed by atoms with Gasteiger partial charge in [-0.15, -0.1) is 7.92 Å². The van der Waals surface area contributed by atoms with E-state index >= 15 is 0 Å². The van der Waals surface area contributed by atoms with Gasteiger partial charge in [0.05, 0.1) is 23.9 Å². The molecule has 41 heavy (non-hydrogen) atoms. The van der Waals surface area contributed by atoms with E-state index in [0.717, 1.165) is 37.5 Å². The number of nitrogens with one attached hydrogen (secondary N) is 2. The Hall–Kier alpha value is -2.66. The average molecular weight is 602 g/mol. The van der Waals surface area contributed by atoms with Crippen molar-refractivity contribution < 1.29 is 23.1 Å². The predicted octanol–water partition coefficient (Wildman–Crippen LogP) is 5.83. The van der Waals surface area contributed by atoms with Gasteiger partial charge in [0.15, 0.2) is 0 Å². The van der Waals surface area contributed by atoms with Crippen molar-refractivity contribution >= 4 is 29.5 Å². The second-order valence-electron chi connectivity index (χ2n) is 11.8. The summed E-state index contributed by atoms with van der Waals surface area (Å²) in [6.45, 7) is 9.43. The van der Waals surface area contributed by atoms with Gasteiger partial charge >= 0.3 is 0 Å². The monoisotopic (exact) mass is 601 g/mol. The molecule has 224 valence electrons. The molecule has 2 aliphatic heterocycles. The van der Waals surface area contributed by atoms with Crippen LogP contribution >= 0.6 is 7.92 Å². The molecule has 0 bridgehead atoms. The highest BCUT2D eigenvalue weighted by Gasteiger charge is 2.41. The average Bonchev–Trinajstić information content (AvgIpc) is 2.88. The normalized spacial score (nSPS) is 19.3. The van der Waals surface area contributed by atoms with Crippen LogP contribution in [0.15, 0.2) is 36.4 Å². The number of rotatable bonds is 8. The fourth-order valence-corrected chi connectivity index (χ4v) is 7.74. The first kappa shape index (κ1) is 32.8. The Morgan fingerprint density at radius 2 is 1.85 bits per heavy atom. The highest BCUT2D eigenvalue weighted by atomic mass is 32.2. The van der Waals surface area contributed by atoms with E-state index in [9.17, 15) is 18.3 Å². The second kappa shape index (κ2) is 13.5. The van der Waals surface area contributed by atoms with Crippen molar-refractivity contribution in [1.82, 2.24) is 5.32 Å². The molecule has 2 unspecified atom stereocenters. The van der Waals surface area contributed by atoms with Crippen LogP contribution in [-0.2, 0) is 27.4 Å². The van der Waals surface area contributed by atoms with Crippen molar-refractivity contribution in [2.75, 3.05) is 23.8 Å². The lowest BCUT2D eigenvalue weighted by Gasteiger charge is -2.43. The number of hydrogen-bond acceptors (Lipinski definition) is 6. The number of carbonyl (C=O) groups is 1. The van der Waals surface area contributed by atoms with Crippen LogP contribution in [0.2, 0.25) is 0 Å². The molecule has 10 heteroatoms. The number of ether oxygens (including phenoxy) is 1. The largest absolute Gasteiger partial charge is 0.487 e. The molecule has 2 heterocycles. The van der Waals surface area contributed by atoms with Crippen molar-refractivity contribution in [3.05, 3.63) is 58.7 Å². The number of aliphatic hydroxyl groups is 1. The molecule has 1 amide bonds. The van der Waals surface area contributed by atoms with Gasteiger partial charge in [0.1, 0.15) is 17.0 Å². The smallest absolute Gasteiger partial charge is 0.251 e. The minimum absolute atomic E-state index is 0.225. The molecule has 3 N–H and O–H groups in total. The quantitative estimate of drug-likeness (QED) is 0.327. The lowest BCUT2D eigenvalue weighted by Crippen LogP contribution is -2.49. The fraction of sp³-hybridized carbons (Fsp3) is 0.548. The number of sulfonamides is 1. The van der Waals surface area contributed by atoms with Gasteiger partial charge in [-0.25, -0.2) is 8.42 Å². The van der Waals surface area contributed by atoms with Crippen LogP contribution in [0.4, 0.5) is 5.69 Å². The summed E-state index contributed by atoms with van der Waals surface area (Å²) >= 11 is 0. The molecule has 0 aliphatic carbocycles. The molecule has 4 rings (SSSR count). The number of anilines is 1. The maximum atomic E-state index is 12.5. The molecule has 2 atom stereocenters. The highest BCUT2D eigenvalue weighted by molar-refractivity contribution is 7.92. The van der Waals surface area contributed by atoms with E-state index < -0.39 is 27.1 Å². The summed E-state index contributed by atoms with van der Waals surface area (Å²) in [5, 5.41) is 21.7. The zero-order valence-electron chi connectivity index (χ0n) is 25.1. The van der Waals surface area contributed by atoms with E-state index in [1.807, 2.05) is 6.07 Å². The molecule has 0 radical (unpaired) electrons. The van der Waals surface area contributed by atoms with Crippen molar-refractivity contribution in [2.24, 2.45) is 0 Å². The number of amides is 1. The van der Waals surface area contributed by atoms with Crippen molar-refractivity contribution in [3.63, 3.8) is 0 Å². The Balaban J connectivity index is 0.000000294. The molecule has 8 nitrogen and oxygen atoms in total. The summed E-state index contributed by atoms with van der Waals surface area (Å²) < 4.78 is 32.0. The highest BCUT2D eigenvalue weighted by Crippen LogP contribution is 2.45. The van der Waals surface area contributed by atoms with Crippen LogP contribution < -0.4 is 14.8 Å². The van der Waals surface area contributed by atoms with Gasteiger partial charge in [-0.1, -0.05) is 32.8 Å². The van der Waals surface area contributed by atoms with Gasteiger partial charge in [0.2, 0.25) is 10.0 Å². The summed E-state index contributed by atoms with van der Waals surface area (Å²) in [6.07, 6.45) is 8.97. The molecule has 2 aromatic carbocycles. The standard InChI is InChI=1S/C20H32N2O5S.C11H12NP/c1-6-10-20(11-7-2)13-16(21-18(23)19(3,4)24)15-12-14(22-28(5,25)26)8-9-17(15)27-20;1-13-5-4-10-6-9(7-12)2-3-11(10)8-13/h8-9,12,16,22,24H,6-7,10-11,13H2,1-5H3,(H,21,23);2-3,6H,4-5,8H2,1H3. The summed E-state index contributed by atoms with van der Waals surface area (Å²) in [7, 11) is -3.20. The third kappa shape index (κ3) is 9.16. The molecule has 2 aromatic rings. The number of hydrogen-bond donors (Lipinski definition) is 3. The molecule has 0 fully saturated rings. The number of carbonyl (C=O) groups excluding carboxylic acids is 1. The van der Waals surface area contributed by atoms with Crippen LogP contribution in [0, 0.1) is 11.3 Å². The third-order valence-corrected chi connectivity index (χ3v) is 9.88. The Morgan fingerprint density at radius 1 is 1.17 bits per heavy atom. The van der Waals surface area contributed by atoms with Gasteiger partial charge < -0.3 is 15.2 Å². The minimum atomic E-state index is -3.43. The van der Waals surface area contributed by atoms with E-state index in [0.29, 0.717) is 23.4 Å². The van der Waals surface area contributed by atoms with Gasteiger partial charge in [-0.3, -0.25) is 9.52 Å². The molecule has 0 saturated carbocycles. The molecular weight excluding hydrogens is 557 g/mol. The topological polar surface area (TPSA) is 129 Å². The Bertz CT molecular complexity index is 1380. The lowest BCUT2D eigenvalue weighted by atomic mass is 9.81. The number of nitrogens with zero attached hydrogens (tertiary/aromatic N) is 1. The summed E-state index contributed by atoms with van der Waals surface area (Å²) in [4.78, 5) is 12.5. The maximum absolute atomic E-state index is 12.5.